The van der Waals surface area contributed by atoms with Gasteiger partial charge in [0.2, 0.25) is 5.16 Å². The predicted molar refractivity (Wildman–Crippen MR) is 146 cm³/mol. The third kappa shape index (κ3) is 4.61. The van der Waals surface area contributed by atoms with Gasteiger partial charge in [-0.25, -0.2) is 4.68 Å². The number of halogens is 1. The molecule has 5 aromatic rings. The molecule has 1 aromatic heterocycles. The second kappa shape index (κ2) is 9.93. The number of thioether (sulfide) groups is 1. The Balaban J connectivity index is 1.28. The summed E-state index contributed by atoms with van der Waals surface area (Å²) in [7, 11) is 0. The number of rotatable bonds is 6. The van der Waals surface area contributed by atoms with Crippen LogP contribution < -0.4 is 10.2 Å². The van der Waals surface area contributed by atoms with Gasteiger partial charge in [0.05, 0.1) is 5.70 Å². The third-order valence-corrected chi connectivity index (χ3v) is 7.11. The Bertz CT molecular complexity index is 1530. The molecule has 7 heteroatoms. The van der Waals surface area contributed by atoms with Gasteiger partial charge in [0, 0.05) is 21.1 Å². The summed E-state index contributed by atoms with van der Waals surface area (Å²) in [6.45, 7) is 0.450. The molecule has 0 unspecified atom stereocenters. The number of nitrogens with one attached hydrogen (secondary N) is 1. The molecule has 0 radical (unpaired) electrons. The lowest BCUT2D eigenvalue weighted by Crippen LogP contribution is -2.20. The van der Waals surface area contributed by atoms with Crippen LogP contribution in [0, 0.1) is 0 Å². The molecule has 0 fully saturated rings. The Hall–Kier alpha value is -4.00. The van der Waals surface area contributed by atoms with Crippen molar-refractivity contribution in [2.75, 3.05) is 5.43 Å². The van der Waals surface area contributed by atoms with Gasteiger partial charge in [0.15, 0.2) is 5.82 Å². The minimum absolute atomic E-state index is 0.450. The molecule has 0 saturated heterocycles. The fourth-order valence-electron chi connectivity index (χ4n) is 4.02. The summed E-state index contributed by atoms with van der Waals surface area (Å²) in [4.78, 5) is 1.11. The van der Waals surface area contributed by atoms with Crippen LogP contribution >= 0.6 is 23.4 Å². The van der Waals surface area contributed by atoms with Crippen LogP contribution in [0.25, 0.3) is 22.0 Å². The number of benzene rings is 4. The maximum atomic E-state index is 6.07. The molecule has 1 aliphatic heterocycles. The van der Waals surface area contributed by atoms with Crippen molar-refractivity contribution in [2.45, 2.75) is 11.8 Å². The summed E-state index contributed by atoms with van der Waals surface area (Å²) in [5.41, 5.74) is 8.78. The largest absolute Gasteiger partial charge is 0.489 e. The lowest BCUT2D eigenvalue weighted by atomic mass is 10.1. The first kappa shape index (κ1) is 22.5. The maximum Gasteiger partial charge on any atom is 0.215 e. The van der Waals surface area contributed by atoms with Gasteiger partial charge in [0.1, 0.15) is 12.4 Å². The molecule has 4 aromatic carbocycles. The Labute approximate surface area is 218 Å². The van der Waals surface area contributed by atoms with E-state index in [9.17, 15) is 0 Å². The van der Waals surface area contributed by atoms with E-state index in [1.807, 2.05) is 89.6 Å². The van der Waals surface area contributed by atoms with Crippen molar-refractivity contribution in [3.8, 4) is 17.1 Å². The van der Waals surface area contributed by atoms with Crippen molar-refractivity contribution >= 4 is 34.0 Å². The third-order valence-electron chi connectivity index (χ3n) is 5.78. The SMILES string of the molecule is Clc1cccc(COc2ccc(-c3nnc4n3NC(c3ccccc3)=C(c3ccccc3)S4)cc2)c1. The Kier molecular flexibility index (Phi) is 6.20. The van der Waals surface area contributed by atoms with Gasteiger partial charge in [-0.2, -0.15) is 0 Å². The zero-order chi connectivity index (χ0) is 24.3. The fourth-order valence-corrected chi connectivity index (χ4v) is 5.24. The second-order valence-corrected chi connectivity index (χ2v) is 9.65. The van der Waals surface area contributed by atoms with Crippen LogP contribution in [0.4, 0.5) is 0 Å². The highest BCUT2D eigenvalue weighted by atomic mass is 35.5. The molecule has 0 aliphatic carbocycles. The molecule has 6 rings (SSSR count). The first-order valence-electron chi connectivity index (χ1n) is 11.5. The zero-order valence-electron chi connectivity index (χ0n) is 19.1. The molecule has 5 nitrogen and oxygen atoms in total. The molecule has 0 amide bonds. The molecule has 36 heavy (non-hydrogen) atoms. The van der Waals surface area contributed by atoms with E-state index in [1.165, 1.54) is 0 Å². The van der Waals surface area contributed by atoms with Crippen LogP contribution in [-0.2, 0) is 6.61 Å². The van der Waals surface area contributed by atoms with E-state index in [2.05, 4.69) is 39.9 Å². The summed E-state index contributed by atoms with van der Waals surface area (Å²) < 4.78 is 7.89. The lowest BCUT2D eigenvalue weighted by molar-refractivity contribution is 0.306. The van der Waals surface area contributed by atoms with Crippen molar-refractivity contribution in [1.29, 1.82) is 0 Å². The average molecular weight is 509 g/mol. The predicted octanol–water partition coefficient (Wildman–Crippen LogP) is 7.35. The van der Waals surface area contributed by atoms with E-state index in [1.54, 1.807) is 11.8 Å². The van der Waals surface area contributed by atoms with Crippen molar-refractivity contribution in [3.63, 3.8) is 0 Å². The van der Waals surface area contributed by atoms with E-state index in [-0.39, 0.29) is 0 Å². The lowest BCUT2D eigenvalue weighted by Gasteiger charge is -2.24. The van der Waals surface area contributed by atoms with Crippen molar-refractivity contribution in [1.82, 2.24) is 14.9 Å². The van der Waals surface area contributed by atoms with Gasteiger partial charge >= 0.3 is 0 Å². The van der Waals surface area contributed by atoms with Gasteiger partial charge in [-0.3, -0.25) is 5.43 Å². The standard InChI is InChI=1S/C29H21ClN4OS/c30-24-13-7-8-20(18-24)19-35-25-16-14-23(15-17-25)28-31-32-29-34(28)33-26(21-9-3-1-4-10-21)27(36-29)22-11-5-2-6-12-22/h1-18,33H,19H2. The van der Waals surface area contributed by atoms with E-state index in [0.29, 0.717) is 11.6 Å². The average Bonchev–Trinajstić information content (AvgIpc) is 3.35. The van der Waals surface area contributed by atoms with Crippen molar-refractivity contribution in [3.05, 3.63) is 131 Å². The van der Waals surface area contributed by atoms with Crippen LogP contribution in [0.5, 0.6) is 5.75 Å². The number of hydrogen-bond acceptors (Lipinski definition) is 5. The molecule has 0 spiro atoms. The van der Waals surface area contributed by atoms with Crippen LogP contribution in [0.3, 0.4) is 0 Å². The number of hydrogen-bond donors (Lipinski definition) is 1. The summed E-state index contributed by atoms with van der Waals surface area (Å²) in [6, 6.07) is 36.2. The highest BCUT2D eigenvalue weighted by Gasteiger charge is 2.25. The summed E-state index contributed by atoms with van der Waals surface area (Å²) in [5.74, 6) is 1.51. The van der Waals surface area contributed by atoms with Gasteiger partial charge in [0.25, 0.3) is 0 Å². The van der Waals surface area contributed by atoms with Gasteiger partial charge < -0.3 is 4.74 Å². The normalized spacial score (nSPS) is 12.7. The Morgan fingerprint density at radius 3 is 2.19 bits per heavy atom. The van der Waals surface area contributed by atoms with E-state index in [0.717, 1.165) is 49.6 Å². The number of aromatic nitrogens is 3. The number of ether oxygens (including phenoxy) is 1. The van der Waals surface area contributed by atoms with Crippen LogP contribution in [0.2, 0.25) is 5.02 Å². The van der Waals surface area contributed by atoms with E-state index in [4.69, 9.17) is 16.3 Å². The summed E-state index contributed by atoms with van der Waals surface area (Å²) in [5, 5.41) is 10.5. The Morgan fingerprint density at radius 1 is 0.750 bits per heavy atom. The highest BCUT2D eigenvalue weighted by Crippen LogP contribution is 2.43. The van der Waals surface area contributed by atoms with E-state index >= 15 is 0 Å². The van der Waals surface area contributed by atoms with Crippen molar-refractivity contribution in [2.24, 2.45) is 0 Å². The zero-order valence-corrected chi connectivity index (χ0v) is 20.7. The summed E-state index contributed by atoms with van der Waals surface area (Å²) in [6.07, 6.45) is 0. The molecule has 1 N–H and O–H groups in total. The van der Waals surface area contributed by atoms with Crippen LogP contribution in [0.15, 0.2) is 114 Å². The minimum Gasteiger partial charge on any atom is -0.489 e. The van der Waals surface area contributed by atoms with Gasteiger partial charge in [-0.05, 0) is 59.3 Å². The van der Waals surface area contributed by atoms with Gasteiger partial charge in [-0.15, -0.1) is 10.2 Å². The number of fused-ring (bicyclic) bond motifs is 1. The molecule has 0 bridgehead atoms. The molecule has 2 heterocycles. The molecule has 0 atom stereocenters. The first-order chi connectivity index (χ1) is 17.7. The van der Waals surface area contributed by atoms with Crippen LogP contribution in [0.1, 0.15) is 16.7 Å². The molecular formula is C29H21ClN4OS. The quantitative estimate of drug-likeness (QED) is 0.260. The maximum absolute atomic E-state index is 6.07. The molecule has 1 aliphatic rings. The van der Waals surface area contributed by atoms with Gasteiger partial charge in [-0.1, -0.05) is 84.4 Å². The smallest absolute Gasteiger partial charge is 0.215 e. The topological polar surface area (TPSA) is 52.0 Å². The van der Waals surface area contributed by atoms with Crippen LogP contribution in [-0.4, -0.2) is 14.9 Å². The highest BCUT2D eigenvalue weighted by molar-refractivity contribution is 8.08. The molecular weight excluding hydrogens is 488 g/mol. The first-order valence-corrected chi connectivity index (χ1v) is 12.7. The van der Waals surface area contributed by atoms with E-state index < -0.39 is 0 Å². The minimum atomic E-state index is 0.450. The fraction of sp³-hybridized carbons (Fsp3) is 0.0345. The van der Waals surface area contributed by atoms with Crippen molar-refractivity contribution < 1.29 is 4.74 Å². The molecule has 0 saturated carbocycles. The monoisotopic (exact) mass is 508 g/mol. The molecule has 176 valence electrons. The Morgan fingerprint density at radius 2 is 1.47 bits per heavy atom. The summed E-state index contributed by atoms with van der Waals surface area (Å²) >= 11 is 7.68. The number of nitrogens with zero attached hydrogens (tertiary/aromatic N) is 3. The second-order valence-electron chi connectivity index (χ2n) is 8.23.